The lowest BCUT2D eigenvalue weighted by atomic mass is 10.00. The lowest BCUT2D eigenvalue weighted by Crippen LogP contribution is -2.01. The maximum Gasteiger partial charge on any atom is 0.330 e. The van der Waals surface area contributed by atoms with E-state index >= 15 is 0 Å². The number of esters is 1. The van der Waals surface area contributed by atoms with Crippen molar-refractivity contribution in [3.8, 4) is 0 Å². The highest BCUT2D eigenvalue weighted by molar-refractivity contribution is 5.82. The zero-order valence-electron chi connectivity index (χ0n) is 7.31. The van der Waals surface area contributed by atoms with Crippen LogP contribution in [0.1, 0.15) is 26.7 Å². The second-order valence-corrected chi connectivity index (χ2v) is 3.41. The minimum Gasteiger partial charge on any atom is -0.466 e. The summed E-state index contributed by atoms with van der Waals surface area (Å²) in [5, 5.41) is 0. The molecule has 1 aliphatic carbocycles. The zero-order chi connectivity index (χ0) is 8.48. The first kappa shape index (κ1) is 8.31. The summed E-state index contributed by atoms with van der Waals surface area (Å²) in [6.07, 6.45) is 3.99. The average molecular weight is 154 g/mol. The number of carbonyl (C=O) groups is 1. The van der Waals surface area contributed by atoms with Crippen LogP contribution in [0.4, 0.5) is 0 Å². The maximum absolute atomic E-state index is 10.8. The van der Waals surface area contributed by atoms with Crippen LogP contribution in [0.25, 0.3) is 0 Å². The minimum atomic E-state index is -0.240. The number of rotatable bonds is 2. The molecule has 2 nitrogen and oxygen atoms in total. The van der Waals surface area contributed by atoms with Crippen molar-refractivity contribution in [2.75, 3.05) is 7.11 Å². The Kier molecular flexibility index (Phi) is 2.03. The van der Waals surface area contributed by atoms with E-state index in [9.17, 15) is 4.79 Å². The van der Waals surface area contributed by atoms with Crippen LogP contribution in [0.5, 0.6) is 0 Å². The fourth-order valence-electron chi connectivity index (χ4n) is 0.992. The molecule has 0 aromatic rings. The van der Waals surface area contributed by atoms with Crippen LogP contribution in [0.3, 0.4) is 0 Å². The van der Waals surface area contributed by atoms with Gasteiger partial charge in [-0.2, -0.15) is 0 Å². The van der Waals surface area contributed by atoms with Crippen LogP contribution in [-0.4, -0.2) is 13.1 Å². The zero-order valence-corrected chi connectivity index (χ0v) is 7.31. The third-order valence-corrected chi connectivity index (χ3v) is 2.49. The summed E-state index contributed by atoms with van der Waals surface area (Å²) < 4.78 is 4.53. The van der Waals surface area contributed by atoms with Gasteiger partial charge < -0.3 is 4.74 Å². The molecule has 11 heavy (non-hydrogen) atoms. The van der Waals surface area contributed by atoms with Gasteiger partial charge in [-0.1, -0.05) is 12.5 Å². The van der Waals surface area contributed by atoms with Crippen molar-refractivity contribution in [2.45, 2.75) is 26.7 Å². The normalized spacial score (nSPS) is 21.2. The quantitative estimate of drug-likeness (QED) is 0.448. The number of methoxy groups -OCH3 is 1. The maximum atomic E-state index is 10.8. The number of carbonyl (C=O) groups excluding carboxylic acids is 1. The molecule has 1 saturated carbocycles. The van der Waals surface area contributed by atoms with Gasteiger partial charge in [0.15, 0.2) is 0 Å². The second kappa shape index (κ2) is 2.68. The number of allylic oxidation sites excluding steroid dienone is 1. The van der Waals surface area contributed by atoms with Crippen LogP contribution in [0.15, 0.2) is 11.6 Å². The molecule has 0 saturated heterocycles. The predicted octanol–water partition coefficient (Wildman–Crippen LogP) is 1.91. The standard InChI is InChI=1S/C9H14O2/c1-7(6-8(10)11-3)9(2)4-5-9/h6H,4-5H2,1-3H3/b7-6-. The molecule has 0 radical (unpaired) electrons. The topological polar surface area (TPSA) is 26.3 Å². The molecule has 0 bridgehead atoms. The number of hydrogen-bond donors (Lipinski definition) is 0. The van der Waals surface area contributed by atoms with Gasteiger partial charge in [0.2, 0.25) is 0 Å². The molecule has 1 aliphatic rings. The first-order valence-corrected chi connectivity index (χ1v) is 3.85. The monoisotopic (exact) mass is 154 g/mol. The lowest BCUT2D eigenvalue weighted by Gasteiger charge is -2.06. The molecule has 0 aromatic heterocycles. The van der Waals surface area contributed by atoms with E-state index in [0.717, 1.165) is 5.57 Å². The SMILES string of the molecule is COC(=O)/C=C(/C)C1(C)CC1. The third-order valence-electron chi connectivity index (χ3n) is 2.49. The van der Waals surface area contributed by atoms with E-state index in [1.165, 1.54) is 20.0 Å². The van der Waals surface area contributed by atoms with Crippen LogP contribution in [-0.2, 0) is 9.53 Å². The average Bonchev–Trinajstić information content (AvgIpc) is 2.69. The summed E-state index contributed by atoms with van der Waals surface area (Å²) in [4.78, 5) is 10.8. The Labute approximate surface area is 67.2 Å². The summed E-state index contributed by atoms with van der Waals surface area (Å²) in [5.74, 6) is -0.240. The summed E-state index contributed by atoms with van der Waals surface area (Å²) in [6, 6.07) is 0. The van der Waals surface area contributed by atoms with Gasteiger partial charge in [-0.15, -0.1) is 0 Å². The van der Waals surface area contributed by atoms with Crippen LogP contribution < -0.4 is 0 Å². The Hall–Kier alpha value is -0.790. The van der Waals surface area contributed by atoms with Crippen molar-refractivity contribution in [1.82, 2.24) is 0 Å². The highest BCUT2D eigenvalue weighted by Gasteiger charge is 2.38. The molecule has 0 amide bonds. The molecule has 62 valence electrons. The van der Waals surface area contributed by atoms with E-state index < -0.39 is 0 Å². The molecule has 1 rings (SSSR count). The fourth-order valence-corrected chi connectivity index (χ4v) is 0.992. The molecule has 0 unspecified atom stereocenters. The Balaban J connectivity index is 2.59. The van der Waals surface area contributed by atoms with Crippen molar-refractivity contribution < 1.29 is 9.53 Å². The highest BCUT2D eigenvalue weighted by Crippen LogP contribution is 2.50. The largest absolute Gasteiger partial charge is 0.466 e. The third kappa shape index (κ3) is 1.82. The van der Waals surface area contributed by atoms with Crippen molar-refractivity contribution in [3.05, 3.63) is 11.6 Å². The first-order valence-electron chi connectivity index (χ1n) is 3.85. The highest BCUT2D eigenvalue weighted by atomic mass is 16.5. The van der Waals surface area contributed by atoms with Gasteiger partial charge in [0.25, 0.3) is 0 Å². The Bertz CT molecular complexity index is 200. The second-order valence-electron chi connectivity index (χ2n) is 3.41. The van der Waals surface area contributed by atoms with Crippen LogP contribution in [0.2, 0.25) is 0 Å². The fraction of sp³-hybridized carbons (Fsp3) is 0.667. The molecule has 2 heteroatoms. The van der Waals surface area contributed by atoms with Crippen LogP contribution in [0, 0.1) is 5.41 Å². The Morgan fingerprint density at radius 2 is 2.09 bits per heavy atom. The molecule has 0 aliphatic heterocycles. The smallest absolute Gasteiger partial charge is 0.330 e. The molecule has 0 N–H and O–H groups in total. The van der Waals surface area contributed by atoms with Gasteiger partial charge in [0.1, 0.15) is 0 Å². The molecule has 0 aromatic carbocycles. The number of hydrogen-bond acceptors (Lipinski definition) is 2. The predicted molar refractivity (Wildman–Crippen MR) is 43.1 cm³/mol. The molecule has 1 fully saturated rings. The molecule has 0 spiro atoms. The lowest BCUT2D eigenvalue weighted by molar-refractivity contribution is -0.134. The van der Waals surface area contributed by atoms with Crippen molar-refractivity contribution in [2.24, 2.45) is 5.41 Å². The summed E-state index contributed by atoms with van der Waals surface area (Å²) in [7, 11) is 1.40. The van der Waals surface area contributed by atoms with Gasteiger partial charge in [-0.05, 0) is 25.2 Å². The molecular weight excluding hydrogens is 140 g/mol. The van der Waals surface area contributed by atoms with Gasteiger partial charge in [0.05, 0.1) is 7.11 Å². The summed E-state index contributed by atoms with van der Waals surface area (Å²) in [6.45, 7) is 4.16. The van der Waals surface area contributed by atoms with Crippen molar-refractivity contribution in [1.29, 1.82) is 0 Å². The van der Waals surface area contributed by atoms with Gasteiger partial charge in [0, 0.05) is 6.08 Å². The van der Waals surface area contributed by atoms with Gasteiger partial charge in [-0.25, -0.2) is 4.79 Å². The summed E-state index contributed by atoms with van der Waals surface area (Å²) >= 11 is 0. The summed E-state index contributed by atoms with van der Waals surface area (Å²) in [5.41, 5.74) is 1.44. The van der Waals surface area contributed by atoms with E-state index in [4.69, 9.17) is 0 Å². The molecule has 0 heterocycles. The Morgan fingerprint density at radius 1 is 1.55 bits per heavy atom. The minimum absolute atomic E-state index is 0.240. The number of ether oxygens (including phenoxy) is 1. The van der Waals surface area contributed by atoms with E-state index in [2.05, 4.69) is 11.7 Å². The first-order chi connectivity index (χ1) is 5.08. The van der Waals surface area contributed by atoms with Crippen molar-refractivity contribution >= 4 is 5.97 Å². The van der Waals surface area contributed by atoms with E-state index in [-0.39, 0.29) is 5.97 Å². The van der Waals surface area contributed by atoms with E-state index in [1.54, 1.807) is 6.08 Å². The van der Waals surface area contributed by atoms with Crippen molar-refractivity contribution in [3.63, 3.8) is 0 Å². The van der Waals surface area contributed by atoms with E-state index in [0.29, 0.717) is 5.41 Å². The van der Waals surface area contributed by atoms with Gasteiger partial charge in [-0.3, -0.25) is 0 Å². The van der Waals surface area contributed by atoms with Gasteiger partial charge >= 0.3 is 5.97 Å². The van der Waals surface area contributed by atoms with Crippen LogP contribution >= 0.6 is 0 Å². The van der Waals surface area contributed by atoms with E-state index in [1.807, 2.05) is 6.92 Å². The molecule has 0 atom stereocenters. The Morgan fingerprint density at radius 3 is 2.45 bits per heavy atom. The molecular formula is C9H14O2.